The van der Waals surface area contributed by atoms with Crippen molar-refractivity contribution in [3.63, 3.8) is 0 Å². The summed E-state index contributed by atoms with van der Waals surface area (Å²) in [6, 6.07) is 2.55. The summed E-state index contributed by atoms with van der Waals surface area (Å²) in [5.74, 6) is -0.734. The lowest BCUT2D eigenvalue weighted by Gasteiger charge is -2.06. The number of halogens is 1. The van der Waals surface area contributed by atoms with Crippen LogP contribution in [0.15, 0.2) is 12.1 Å². The van der Waals surface area contributed by atoms with E-state index in [1.54, 1.807) is 0 Å². The molecule has 0 fully saturated rings. The molecule has 3 nitrogen and oxygen atoms in total. The van der Waals surface area contributed by atoms with Gasteiger partial charge in [-0.05, 0) is 6.92 Å². The van der Waals surface area contributed by atoms with Crippen molar-refractivity contribution in [2.45, 2.75) is 6.92 Å². The van der Waals surface area contributed by atoms with Gasteiger partial charge in [0.25, 0.3) is 0 Å². The summed E-state index contributed by atoms with van der Waals surface area (Å²) in [6.45, 7) is 1.27. The van der Waals surface area contributed by atoms with Crippen LogP contribution in [0.25, 0.3) is 0 Å². The summed E-state index contributed by atoms with van der Waals surface area (Å²) in [6.07, 6.45) is 0. The second-order valence-electron chi connectivity index (χ2n) is 2.63. The molecule has 0 saturated carbocycles. The smallest absolute Gasteiger partial charge is 0.164 e. The van der Waals surface area contributed by atoms with Crippen LogP contribution >= 0.6 is 0 Å². The lowest BCUT2D eigenvalue weighted by atomic mass is 10.1. The van der Waals surface area contributed by atoms with Gasteiger partial charge >= 0.3 is 0 Å². The van der Waals surface area contributed by atoms with E-state index in [0.29, 0.717) is 5.75 Å². The number of nitrogens with two attached hydrogens (primary N) is 1. The van der Waals surface area contributed by atoms with Crippen molar-refractivity contribution in [2.24, 2.45) is 0 Å². The van der Waals surface area contributed by atoms with E-state index in [1.165, 1.54) is 20.1 Å². The number of hydrogen-bond acceptors (Lipinski definition) is 3. The average Bonchev–Trinajstić information content (AvgIpc) is 2.02. The van der Waals surface area contributed by atoms with E-state index in [4.69, 9.17) is 10.5 Å². The van der Waals surface area contributed by atoms with Crippen molar-refractivity contribution >= 4 is 11.5 Å². The van der Waals surface area contributed by atoms with Crippen LogP contribution in [0.2, 0.25) is 0 Å². The molecule has 2 N–H and O–H groups in total. The average molecular weight is 183 g/mol. The minimum Gasteiger partial charge on any atom is -0.497 e. The van der Waals surface area contributed by atoms with Gasteiger partial charge in [0.05, 0.1) is 12.7 Å². The van der Waals surface area contributed by atoms with Gasteiger partial charge in [0.15, 0.2) is 5.78 Å². The molecular formula is C9H10FNO2. The summed E-state index contributed by atoms with van der Waals surface area (Å²) in [5, 5.41) is 0. The molecule has 0 aliphatic carbocycles. The number of nitrogen functional groups attached to an aromatic ring is 1. The van der Waals surface area contributed by atoms with E-state index < -0.39 is 11.6 Å². The topological polar surface area (TPSA) is 52.3 Å². The normalized spacial score (nSPS) is 9.77. The molecule has 0 saturated heterocycles. The SMILES string of the molecule is COc1cc(N)c(C(C)=O)c(F)c1. The molecule has 0 aliphatic heterocycles. The first-order chi connectivity index (χ1) is 6.06. The molecule has 0 heterocycles. The first-order valence-corrected chi connectivity index (χ1v) is 3.70. The Bertz CT molecular complexity index is 326. The first-order valence-electron chi connectivity index (χ1n) is 3.70. The maximum absolute atomic E-state index is 13.2. The number of rotatable bonds is 2. The number of carbonyl (C=O) groups is 1. The number of Topliss-reactive ketones (excluding diaryl/α,β-unsaturated/α-hetero) is 1. The molecule has 1 rings (SSSR count). The van der Waals surface area contributed by atoms with Crippen LogP contribution in [0.5, 0.6) is 5.75 Å². The maximum Gasteiger partial charge on any atom is 0.164 e. The Morgan fingerprint density at radius 1 is 1.54 bits per heavy atom. The lowest BCUT2D eigenvalue weighted by molar-refractivity contribution is 0.101. The zero-order chi connectivity index (χ0) is 10.0. The number of carbonyl (C=O) groups excluding carboxylic acids is 1. The van der Waals surface area contributed by atoms with Crippen molar-refractivity contribution < 1.29 is 13.9 Å². The van der Waals surface area contributed by atoms with Gasteiger partial charge in [0.2, 0.25) is 0 Å². The molecule has 0 unspecified atom stereocenters. The fraction of sp³-hybridized carbons (Fsp3) is 0.222. The molecule has 4 heteroatoms. The number of ketones is 1. The van der Waals surface area contributed by atoms with Crippen LogP contribution in [0.4, 0.5) is 10.1 Å². The van der Waals surface area contributed by atoms with Crippen molar-refractivity contribution in [3.05, 3.63) is 23.5 Å². The molecule has 0 atom stereocenters. The van der Waals surface area contributed by atoms with Crippen LogP contribution in [-0.4, -0.2) is 12.9 Å². The molecule has 0 bridgehead atoms. The largest absolute Gasteiger partial charge is 0.497 e. The molecule has 0 aromatic heterocycles. The van der Waals surface area contributed by atoms with E-state index in [9.17, 15) is 9.18 Å². The van der Waals surface area contributed by atoms with Gasteiger partial charge in [-0.2, -0.15) is 0 Å². The molecule has 0 aliphatic rings. The molecule has 1 aromatic rings. The van der Waals surface area contributed by atoms with Gasteiger partial charge in [-0.25, -0.2) is 4.39 Å². The second kappa shape index (κ2) is 3.43. The highest BCUT2D eigenvalue weighted by Crippen LogP contribution is 2.23. The Balaban J connectivity index is 3.31. The standard InChI is InChI=1S/C9H10FNO2/c1-5(12)9-7(10)3-6(13-2)4-8(9)11/h3-4H,11H2,1-2H3. The summed E-state index contributed by atoms with van der Waals surface area (Å²) >= 11 is 0. The predicted octanol–water partition coefficient (Wildman–Crippen LogP) is 1.62. The van der Waals surface area contributed by atoms with Gasteiger partial charge in [-0.15, -0.1) is 0 Å². The number of ether oxygens (including phenoxy) is 1. The summed E-state index contributed by atoms with van der Waals surface area (Å²) in [4.78, 5) is 10.9. The fourth-order valence-corrected chi connectivity index (χ4v) is 1.09. The van der Waals surface area contributed by atoms with Gasteiger partial charge in [-0.3, -0.25) is 4.79 Å². The third kappa shape index (κ3) is 1.77. The number of methoxy groups -OCH3 is 1. The molecule has 1 aromatic carbocycles. The van der Waals surface area contributed by atoms with Gasteiger partial charge < -0.3 is 10.5 Å². The van der Waals surface area contributed by atoms with Crippen molar-refractivity contribution in [3.8, 4) is 5.75 Å². The van der Waals surface area contributed by atoms with E-state index in [-0.39, 0.29) is 11.3 Å². The van der Waals surface area contributed by atoms with E-state index in [0.717, 1.165) is 6.07 Å². The molecule has 0 radical (unpaired) electrons. The Labute approximate surface area is 75.3 Å². The number of anilines is 1. The third-order valence-electron chi connectivity index (χ3n) is 1.68. The monoisotopic (exact) mass is 183 g/mol. The summed E-state index contributed by atoms with van der Waals surface area (Å²) < 4.78 is 17.9. The van der Waals surface area contributed by atoms with E-state index in [2.05, 4.69) is 0 Å². The number of benzene rings is 1. The molecule has 0 spiro atoms. The molecule has 13 heavy (non-hydrogen) atoms. The van der Waals surface area contributed by atoms with Crippen molar-refractivity contribution in [2.75, 3.05) is 12.8 Å². The highest BCUT2D eigenvalue weighted by atomic mass is 19.1. The third-order valence-corrected chi connectivity index (χ3v) is 1.68. The van der Waals surface area contributed by atoms with Gasteiger partial charge in [0, 0.05) is 17.8 Å². The summed E-state index contributed by atoms with van der Waals surface area (Å²) in [5.41, 5.74) is 5.48. The molecule has 70 valence electrons. The molecular weight excluding hydrogens is 173 g/mol. The van der Waals surface area contributed by atoms with Crippen LogP contribution in [0.1, 0.15) is 17.3 Å². The Kier molecular flexibility index (Phi) is 2.51. The zero-order valence-corrected chi connectivity index (χ0v) is 7.43. The Hall–Kier alpha value is -1.58. The quantitative estimate of drug-likeness (QED) is 0.560. The first kappa shape index (κ1) is 9.51. The number of hydrogen-bond donors (Lipinski definition) is 1. The predicted molar refractivity (Wildman–Crippen MR) is 47.4 cm³/mol. The van der Waals surface area contributed by atoms with Gasteiger partial charge in [-0.1, -0.05) is 0 Å². The van der Waals surface area contributed by atoms with Crippen molar-refractivity contribution in [1.29, 1.82) is 0 Å². The Morgan fingerprint density at radius 2 is 2.15 bits per heavy atom. The van der Waals surface area contributed by atoms with E-state index in [1.807, 2.05) is 0 Å². The highest BCUT2D eigenvalue weighted by molar-refractivity contribution is 5.99. The fourth-order valence-electron chi connectivity index (χ4n) is 1.09. The second-order valence-corrected chi connectivity index (χ2v) is 2.63. The minimum atomic E-state index is -0.649. The van der Waals surface area contributed by atoms with Crippen LogP contribution < -0.4 is 10.5 Å². The minimum absolute atomic E-state index is 0.0826. The molecule has 0 amide bonds. The zero-order valence-electron chi connectivity index (χ0n) is 7.43. The van der Waals surface area contributed by atoms with Crippen LogP contribution in [0, 0.1) is 5.82 Å². The van der Waals surface area contributed by atoms with Crippen LogP contribution in [-0.2, 0) is 0 Å². The van der Waals surface area contributed by atoms with Gasteiger partial charge in [0.1, 0.15) is 11.6 Å². The Morgan fingerprint density at radius 3 is 2.54 bits per heavy atom. The van der Waals surface area contributed by atoms with Crippen molar-refractivity contribution in [1.82, 2.24) is 0 Å². The van der Waals surface area contributed by atoms with Crippen LogP contribution in [0.3, 0.4) is 0 Å². The summed E-state index contributed by atoms with van der Waals surface area (Å²) in [7, 11) is 1.40. The maximum atomic E-state index is 13.2. The lowest BCUT2D eigenvalue weighted by Crippen LogP contribution is -2.03. The highest BCUT2D eigenvalue weighted by Gasteiger charge is 2.12. The van der Waals surface area contributed by atoms with E-state index >= 15 is 0 Å².